The SMILES string of the molecule is CCC(c1ccccc1)C(Br)c1cc(Cl)cc(Br)c1OC. The Morgan fingerprint density at radius 3 is 2.43 bits per heavy atom. The second-order valence-corrected chi connectivity index (χ2v) is 7.11. The lowest BCUT2D eigenvalue weighted by molar-refractivity contribution is 0.404. The lowest BCUT2D eigenvalue weighted by Crippen LogP contribution is -2.07. The predicted molar refractivity (Wildman–Crippen MR) is 96.8 cm³/mol. The second-order valence-electron chi connectivity index (χ2n) is 4.84. The van der Waals surface area contributed by atoms with Crippen molar-refractivity contribution >= 4 is 43.5 Å². The van der Waals surface area contributed by atoms with E-state index in [1.165, 1.54) is 5.56 Å². The Hall–Kier alpha value is -0.510. The molecule has 0 aliphatic carbocycles. The van der Waals surface area contributed by atoms with Crippen LogP contribution in [0.4, 0.5) is 0 Å². The molecule has 0 amide bonds. The Kier molecular flexibility index (Phi) is 6.15. The van der Waals surface area contributed by atoms with Crippen LogP contribution in [0.2, 0.25) is 5.02 Å². The van der Waals surface area contributed by atoms with Crippen LogP contribution in [0.1, 0.15) is 35.2 Å². The molecule has 0 heterocycles. The van der Waals surface area contributed by atoms with E-state index in [0.717, 1.165) is 22.2 Å². The van der Waals surface area contributed by atoms with Gasteiger partial charge in [0.1, 0.15) is 5.75 Å². The van der Waals surface area contributed by atoms with Crippen molar-refractivity contribution in [3.05, 3.63) is 63.1 Å². The summed E-state index contributed by atoms with van der Waals surface area (Å²) in [5.41, 5.74) is 2.37. The summed E-state index contributed by atoms with van der Waals surface area (Å²) in [5, 5.41) is 0.699. The molecule has 0 aliphatic heterocycles. The van der Waals surface area contributed by atoms with Gasteiger partial charge in [0.15, 0.2) is 0 Å². The van der Waals surface area contributed by atoms with Crippen LogP contribution in [0.25, 0.3) is 0 Å². The summed E-state index contributed by atoms with van der Waals surface area (Å²) >= 11 is 13.6. The zero-order valence-electron chi connectivity index (χ0n) is 11.9. The molecule has 0 bridgehead atoms. The van der Waals surface area contributed by atoms with Gasteiger partial charge in [-0.1, -0.05) is 64.8 Å². The zero-order valence-corrected chi connectivity index (χ0v) is 15.9. The molecule has 2 rings (SSSR count). The van der Waals surface area contributed by atoms with E-state index in [0.29, 0.717) is 10.9 Å². The topological polar surface area (TPSA) is 9.23 Å². The molecule has 2 aromatic carbocycles. The van der Waals surface area contributed by atoms with Crippen molar-refractivity contribution in [2.24, 2.45) is 0 Å². The van der Waals surface area contributed by atoms with E-state index in [1.807, 2.05) is 18.2 Å². The number of hydrogen-bond donors (Lipinski definition) is 0. The molecule has 0 aromatic heterocycles. The third kappa shape index (κ3) is 3.82. The molecule has 112 valence electrons. The van der Waals surface area contributed by atoms with E-state index in [-0.39, 0.29) is 4.83 Å². The predicted octanol–water partition coefficient (Wildman–Crippen LogP) is 6.74. The summed E-state index contributed by atoms with van der Waals surface area (Å²) in [4.78, 5) is 0.134. The number of rotatable bonds is 5. The maximum absolute atomic E-state index is 6.21. The maximum atomic E-state index is 6.21. The molecule has 0 N–H and O–H groups in total. The van der Waals surface area contributed by atoms with Gasteiger partial charge in [0.25, 0.3) is 0 Å². The van der Waals surface area contributed by atoms with Gasteiger partial charge in [0, 0.05) is 16.5 Å². The van der Waals surface area contributed by atoms with Gasteiger partial charge in [-0.3, -0.25) is 0 Å². The fourth-order valence-electron chi connectivity index (χ4n) is 2.53. The van der Waals surface area contributed by atoms with Crippen molar-refractivity contribution in [3.63, 3.8) is 0 Å². The molecule has 0 saturated heterocycles. The third-order valence-electron chi connectivity index (χ3n) is 3.56. The largest absolute Gasteiger partial charge is 0.495 e. The normalized spacial score (nSPS) is 13.8. The minimum absolute atomic E-state index is 0.134. The molecular weight excluding hydrogens is 415 g/mol. The number of halogens is 3. The quantitative estimate of drug-likeness (QED) is 0.475. The first-order valence-electron chi connectivity index (χ1n) is 6.80. The van der Waals surface area contributed by atoms with Gasteiger partial charge in [-0.25, -0.2) is 0 Å². The van der Waals surface area contributed by atoms with E-state index < -0.39 is 0 Å². The van der Waals surface area contributed by atoms with Crippen molar-refractivity contribution in [1.29, 1.82) is 0 Å². The molecule has 4 heteroatoms. The first kappa shape index (κ1) is 16.9. The highest BCUT2D eigenvalue weighted by Gasteiger charge is 2.25. The first-order valence-corrected chi connectivity index (χ1v) is 8.89. The zero-order chi connectivity index (χ0) is 15.4. The average molecular weight is 433 g/mol. The van der Waals surface area contributed by atoms with E-state index in [4.69, 9.17) is 16.3 Å². The molecule has 0 fully saturated rings. The van der Waals surface area contributed by atoms with Crippen LogP contribution in [0.5, 0.6) is 5.75 Å². The Morgan fingerprint density at radius 1 is 1.19 bits per heavy atom. The molecule has 2 aromatic rings. The van der Waals surface area contributed by atoms with Crippen molar-refractivity contribution in [2.45, 2.75) is 24.1 Å². The fraction of sp³-hybridized carbons (Fsp3) is 0.294. The Balaban J connectivity index is 2.45. The minimum atomic E-state index is 0.134. The molecule has 1 nitrogen and oxygen atoms in total. The van der Waals surface area contributed by atoms with Gasteiger partial charge >= 0.3 is 0 Å². The monoisotopic (exact) mass is 430 g/mol. The van der Waals surface area contributed by atoms with E-state index in [9.17, 15) is 0 Å². The molecular formula is C17H17Br2ClO. The summed E-state index contributed by atoms with van der Waals surface area (Å²) in [6.45, 7) is 2.19. The standard InChI is InChI=1S/C17H17Br2ClO/c1-3-13(11-7-5-4-6-8-11)16(19)14-9-12(20)10-15(18)17(14)21-2/h4-10,13,16H,3H2,1-2H3. The van der Waals surface area contributed by atoms with Crippen molar-refractivity contribution < 1.29 is 4.74 Å². The average Bonchev–Trinajstić information content (AvgIpc) is 2.48. The van der Waals surface area contributed by atoms with E-state index in [1.54, 1.807) is 7.11 Å². The van der Waals surface area contributed by atoms with Gasteiger partial charge in [-0.15, -0.1) is 0 Å². The number of hydrogen-bond acceptors (Lipinski definition) is 1. The first-order chi connectivity index (χ1) is 10.1. The van der Waals surface area contributed by atoms with Crippen LogP contribution >= 0.6 is 43.5 Å². The summed E-state index contributed by atoms with van der Waals surface area (Å²) in [5.74, 6) is 1.18. The smallest absolute Gasteiger partial charge is 0.137 e. The minimum Gasteiger partial charge on any atom is -0.495 e. The van der Waals surface area contributed by atoms with Crippen LogP contribution in [-0.2, 0) is 0 Å². The van der Waals surface area contributed by atoms with E-state index in [2.05, 4.69) is 63.0 Å². The molecule has 0 saturated carbocycles. The third-order valence-corrected chi connectivity index (χ3v) is 5.50. The Morgan fingerprint density at radius 2 is 1.86 bits per heavy atom. The summed E-state index contributed by atoms with van der Waals surface area (Å²) < 4.78 is 6.42. The Bertz CT molecular complexity index is 601. The van der Waals surface area contributed by atoms with Gasteiger partial charge < -0.3 is 4.74 Å². The molecule has 21 heavy (non-hydrogen) atoms. The molecule has 2 atom stereocenters. The van der Waals surface area contributed by atoms with Crippen molar-refractivity contribution in [3.8, 4) is 5.75 Å². The highest BCUT2D eigenvalue weighted by atomic mass is 79.9. The van der Waals surface area contributed by atoms with Crippen LogP contribution in [0, 0.1) is 0 Å². The Labute approximate surface area is 147 Å². The van der Waals surface area contributed by atoms with Crippen molar-refractivity contribution in [1.82, 2.24) is 0 Å². The highest BCUT2D eigenvalue weighted by Crippen LogP contribution is 2.46. The summed E-state index contributed by atoms with van der Waals surface area (Å²) in [7, 11) is 1.68. The van der Waals surface area contributed by atoms with Crippen LogP contribution in [0.15, 0.2) is 46.9 Å². The number of methoxy groups -OCH3 is 1. The van der Waals surface area contributed by atoms with Crippen molar-refractivity contribution in [2.75, 3.05) is 7.11 Å². The van der Waals surface area contributed by atoms with E-state index >= 15 is 0 Å². The fourth-order valence-corrected chi connectivity index (χ4v) is 4.54. The number of ether oxygens (including phenoxy) is 1. The summed E-state index contributed by atoms with van der Waals surface area (Å²) in [6.07, 6.45) is 1.02. The van der Waals surface area contributed by atoms with Gasteiger partial charge in [0.05, 0.1) is 16.4 Å². The number of benzene rings is 2. The van der Waals surface area contributed by atoms with Crippen LogP contribution in [0.3, 0.4) is 0 Å². The molecule has 2 unspecified atom stereocenters. The highest BCUT2D eigenvalue weighted by molar-refractivity contribution is 9.10. The summed E-state index contributed by atoms with van der Waals surface area (Å²) in [6, 6.07) is 14.3. The second kappa shape index (κ2) is 7.66. The molecule has 0 radical (unpaired) electrons. The van der Waals surface area contributed by atoms with Gasteiger partial charge in [-0.05, 0) is 40.0 Å². The van der Waals surface area contributed by atoms with Gasteiger partial charge in [-0.2, -0.15) is 0 Å². The lowest BCUT2D eigenvalue weighted by atomic mass is 9.89. The lowest BCUT2D eigenvalue weighted by Gasteiger charge is -2.24. The van der Waals surface area contributed by atoms with Crippen LogP contribution < -0.4 is 4.74 Å². The molecule has 0 spiro atoms. The maximum Gasteiger partial charge on any atom is 0.137 e. The van der Waals surface area contributed by atoms with Crippen LogP contribution in [-0.4, -0.2) is 7.11 Å². The number of alkyl halides is 1. The van der Waals surface area contributed by atoms with Gasteiger partial charge in [0.2, 0.25) is 0 Å². The molecule has 0 aliphatic rings.